The fraction of sp³-hybridized carbons (Fsp3) is 0.0769. The highest BCUT2D eigenvalue weighted by Gasteiger charge is 2.31. The van der Waals surface area contributed by atoms with Crippen molar-refractivity contribution in [3.63, 3.8) is 0 Å². The second-order valence-corrected chi connectivity index (χ2v) is 6.90. The first kappa shape index (κ1) is 15.7. The molecule has 21 heavy (non-hydrogen) atoms. The Labute approximate surface area is 127 Å². The zero-order chi connectivity index (χ0) is 15.6. The first-order chi connectivity index (χ1) is 9.77. The molecule has 0 saturated heterocycles. The number of non-ortho nitro benzene ring substituents is 1. The van der Waals surface area contributed by atoms with Gasteiger partial charge in [0.25, 0.3) is 5.69 Å². The van der Waals surface area contributed by atoms with Crippen LogP contribution >= 0.6 is 0 Å². The number of hydrogen-bond donors (Lipinski definition) is 0. The number of hydrogen-bond acceptors (Lipinski definition) is 2. The van der Waals surface area contributed by atoms with Crippen molar-refractivity contribution < 1.29 is 43.7 Å². The molecule has 2 aromatic carbocycles. The summed E-state index contributed by atoms with van der Waals surface area (Å²) in [4.78, 5) is 10.0. The summed E-state index contributed by atoms with van der Waals surface area (Å²) in [6.07, 6.45) is -4.42. The maximum absolute atomic E-state index is 13.6. The van der Waals surface area contributed by atoms with E-state index < -0.39 is 43.7 Å². The van der Waals surface area contributed by atoms with E-state index in [9.17, 15) is 27.7 Å². The van der Waals surface area contributed by atoms with Gasteiger partial charge in [-0.2, -0.15) is 13.2 Å². The van der Waals surface area contributed by atoms with Crippen LogP contribution in [0.5, 0.6) is 0 Å². The summed E-state index contributed by atoms with van der Waals surface area (Å²) in [5.74, 6) is -0.590. The fourth-order valence-electron chi connectivity index (χ4n) is 1.49. The summed E-state index contributed by atoms with van der Waals surface area (Å²) in [7, 11) is 0. The zero-order valence-corrected chi connectivity index (χ0v) is 12.4. The normalized spacial score (nSPS) is 11.4. The number of nitrogens with zero attached hydrogens (tertiary/aromatic N) is 1. The van der Waals surface area contributed by atoms with E-state index in [-0.39, 0.29) is 9.26 Å². The minimum absolute atomic E-state index is 0.169. The number of rotatable bonds is 3. The summed E-state index contributed by atoms with van der Waals surface area (Å²) in [6.45, 7) is 0. The Morgan fingerprint density at radius 3 is 2.19 bits per heavy atom. The van der Waals surface area contributed by atoms with Crippen molar-refractivity contribution in [1.82, 2.24) is 0 Å². The monoisotopic (exact) mass is 412 g/mol. The zero-order valence-electron chi connectivity index (χ0n) is 10.2. The van der Waals surface area contributed by atoms with Crippen LogP contribution in [0, 0.1) is 23.1 Å². The molecule has 0 heterocycles. The lowest BCUT2D eigenvalue weighted by Crippen LogP contribution is -3.61. The molecule has 0 aliphatic carbocycles. The third-order valence-electron chi connectivity index (χ3n) is 2.50. The summed E-state index contributed by atoms with van der Waals surface area (Å²) in [5, 5.41) is 10.6. The minimum Gasteiger partial charge on any atom is -0.258 e. The SMILES string of the molecule is O=[N+]([O-])c1ccc(F)c([I+]c2ccc(C(F)(F)F)cc2)c1. The smallest absolute Gasteiger partial charge is 0.258 e. The van der Waals surface area contributed by atoms with Gasteiger partial charge in [0.05, 0.1) is 16.6 Å². The van der Waals surface area contributed by atoms with Crippen LogP contribution < -0.4 is 21.2 Å². The first-order valence-electron chi connectivity index (χ1n) is 5.53. The van der Waals surface area contributed by atoms with Gasteiger partial charge in [0.15, 0.2) is 9.39 Å². The Balaban J connectivity index is 2.26. The molecule has 0 bridgehead atoms. The number of nitro benzene ring substituents is 1. The third-order valence-corrected chi connectivity index (χ3v) is 5.25. The van der Waals surface area contributed by atoms with Gasteiger partial charge in [0, 0.05) is 6.07 Å². The summed E-state index contributed by atoms with van der Waals surface area (Å²) in [6, 6.07) is 7.56. The van der Waals surface area contributed by atoms with Crippen LogP contribution in [0.2, 0.25) is 0 Å². The Hall–Kier alpha value is -1.71. The Kier molecular flexibility index (Phi) is 4.45. The van der Waals surface area contributed by atoms with Gasteiger partial charge in [-0.05, 0) is 30.3 Å². The second-order valence-electron chi connectivity index (χ2n) is 3.95. The van der Waals surface area contributed by atoms with E-state index in [0.717, 1.165) is 30.3 Å². The molecule has 0 aromatic heterocycles. The molecule has 0 unspecified atom stereocenters. The molecule has 3 nitrogen and oxygen atoms in total. The van der Waals surface area contributed by atoms with Crippen molar-refractivity contribution in [2.24, 2.45) is 0 Å². The highest BCUT2D eigenvalue weighted by molar-refractivity contribution is 5.28. The summed E-state index contributed by atoms with van der Waals surface area (Å²) in [5.41, 5.74) is -1.02. The Bertz CT molecular complexity index is 671. The maximum Gasteiger partial charge on any atom is 0.416 e. The molecule has 110 valence electrons. The van der Waals surface area contributed by atoms with Crippen molar-refractivity contribution in [3.05, 3.63) is 71.1 Å². The number of benzene rings is 2. The molecule has 0 aliphatic rings. The van der Waals surface area contributed by atoms with Crippen LogP contribution in [-0.2, 0) is 6.18 Å². The first-order valence-corrected chi connectivity index (χ1v) is 7.69. The number of nitro groups is 1. The Morgan fingerprint density at radius 1 is 1.05 bits per heavy atom. The number of alkyl halides is 3. The fourth-order valence-corrected chi connectivity index (χ4v) is 3.79. The quantitative estimate of drug-likeness (QED) is 0.325. The van der Waals surface area contributed by atoms with Crippen LogP contribution in [0.4, 0.5) is 23.2 Å². The van der Waals surface area contributed by atoms with E-state index >= 15 is 0 Å². The van der Waals surface area contributed by atoms with Gasteiger partial charge in [-0.3, -0.25) is 10.1 Å². The predicted molar refractivity (Wildman–Crippen MR) is 61.9 cm³/mol. The topological polar surface area (TPSA) is 43.1 Å². The van der Waals surface area contributed by atoms with Crippen molar-refractivity contribution in [1.29, 1.82) is 0 Å². The van der Waals surface area contributed by atoms with Crippen molar-refractivity contribution in [3.8, 4) is 0 Å². The molecular weight excluding hydrogens is 405 g/mol. The van der Waals surface area contributed by atoms with E-state index in [1.807, 2.05) is 0 Å². The van der Waals surface area contributed by atoms with Gasteiger partial charge in [-0.1, -0.05) is 0 Å². The average Bonchev–Trinajstić information content (AvgIpc) is 2.40. The molecular formula is C13H7F4INO2+. The van der Waals surface area contributed by atoms with Gasteiger partial charge in [-0.25, -0.2) is 4.39 Å². The third kappa shape index (κ3) is 3.90. The predicted octanol–water partition coefficient (Wildman–Crippen LogP) is 0.881. The minimum atomic E-state index is -4.42. The van der Waals surface area contributed by atoms with Gasteiger partial charge < -0.3 is 0 Å². The highest BCUT2D eigenvalue weighted by atomic mass is 127. The molecule has 2 rings (SSSR count). The van der Waals surface area contributed by atoms with Gasteiger partial charge in [-0.15, -0.1) is 0 Å². The second kappa shape index (κ2) is 5.96. The lowest BCUT2D eigenvalue weighted by Gasteiger charge is -2.04. The molecule has 0 fully saturated rings. The molecule has 0 spiro atoms. The number of halogens is 5. The van der Waals surface area contributed by atoms with Crippen molar-refractivity contribution in [2.45, 2.75) is 6.18 Å². The molecule has 2 aromatic rings. The summed E-state index contributed by atoms with van der Waals surface area (Å²) >= 11 is -1.13. The molecule has 0 radical (unpaired) electrons. The molecule has 0 saturated carbocycles. The molecule has 0 N–H and O–H groups in total. The van der Waals surface area contributed by atoms with Crippen LogP contribution in [0.25, 0.3) is 0 Å². The van der Waals surface area contributed by atoms with Gasteiger partial charge in [0.2, 0.25) is 3.57 Å². The summed E-state index contributed by atoms with van der Waals surface area (Å²) < 4.78 is 51.6. The average molecular weight is 412 g/mol. The lowest BCUT2D eigenvalue weighted by molar-refractivity contribution is -0.600. The van der Waals surface area contributed by atoms with Crippen LogP contribution in [-0.4, -0.2) is 4.92 Å². The molecule has 0 aliphatic heterocycles. The van der Waals surface area contributed by atoms with E-state index in [1.165, 1.54) is 12.1 Å². The Morgan fingerprint density at radius 2 is 1.67 bits per heavy atom. The largest absolute Gasteiger partial charge is 0.416 e. The van der Waals surface area contributed by atoms with Crippen LogP contribution in [0.3, 0.4) is 0 Å². The molecule has 0 atom stereocenters. The van der Waals surface area contributed by atoms with Crippen LogP contribution in [0.15, 0.2) is 42.5 Å². The van der Waals surface area contributed by atoms with Crippen molar-refractivity contribution in [2.75, 3.05) is 0 Å². The highest BCUT2D eigenvalue weighted by Crippen LogP contribution is 2.28. The van der Waals surface area contributed by atoms with E-state index in [2.05, 4.69) is 0 Å². The van der Waals surface area contributed by atoms with Gasteiger partial charge in [0.1, 0.15) is 0 Å². The van der Waals surface area contributed by atoms with E-state index in [1.54, 1.807) is 0 Å². The lowest BCUT2D eigenvalue weighted by atomic mass is 10.2. The van der Waals surface area contributed by atoms with Crippen LogP contribution in [0.1, 0.15) is 5.56 Å². The van der Waals surface area contributed by atoms with E-state index in [0.29, 0.717) is 3.57 Å². The van der Waals surface area contributed by atoms with Crippen molar-refractivity contribution >= 4 is 5.69 Å². The molecule has 0 amide bonds. The van der Waals surface area contributed by atoms with E-state index in [4.69, 9.17) is 0 Å². The maximum atomic E-state index is 13.6. The standard InChI is InChI=1S/C13H7F4INO2/c14-11-6-5-10(19(20)21)7-12(11)18-9-3-1-8(2-4-9)13(15,16)17/h1-7H/q+1. The molecule has 8 heteroatoms. The van der Waals surface area contributed by atoms with Gasteiger partial charge >= 0.3 is 27.4 Å².